The van der Waals surface area contributed by atoms with Crippen LogP contribution in [0.25, 0.3) is 0 Å². The van der Waals surface area contributed by atoms with Gasteiger partial charge < -0.3 is 4.74 Å². The normalized spacial score (nSPS) is 21.0. The first-order valence-corrected chi connectivity index (χ1v) is 7.58. The molecule has 4 nitrogen and oxygen atoms in total. The highest BCUT2D eigenvalue weighted by Crippen LogP contribution is 2.35. The number of benzene rings is 1. The Morgan fingerprint density at radius 2 is 2.10 bits per heavy atom. The van der Waals surface area contributed by atoms with Crippen molar-refractivity contribution < 1.29 is 9.13 Å². The van der Waals surface area contributed by atoms with Crippen LogP contribution in [0.4, 0.5) is 4.39 Å². The lowest BCUT2D eigenvalue weighted by Crippen LogP contribution is -2.58. The molecule has 21 heavy (non-hydrogen) atoms. The molecule has 0 aliphatic carbocycles. The van der Waals surface area contributed by atoms with Gasteiger partial charge >= 0.3 is 0 Å². The molecule has 2 atom stereocenters. The molecule has 118 valence electrons. The number of aryl methyl sites for hydroxylation is 1. The van der Waals surface area contributed by atoms with Crippen LogP contribution in [-0.4, -0.2) is 36.7 Å². The molecule has 3 N–H and O–H groups in total. The molecule has 5 heteroatoms. The molecular formula is C16H26FN3O. The number of hydrogen-bond acceptors (Lipinski definition) is 4. The van der Waals surface area contributed by atoms with E-state index in [0.717, 1.165) is 43.9 Å². The smallest absolute Gasteiger partial charge is 0.123 e. The van der Waals surface area contributed by atoms with Gasteiger partial charge in [0.15, 0.2) is 0 Å². The molecule has 2 rings (SSSR count). The molecule has 1 heterocycles. The van der Waals surface area contributed by atoms with Gasteiger partial charge in [0.25, 0.3) is 0 Å². The summed E-state index contributed by atoms with van der Waals surface area (Å²) in [5.41, 5.74) is 4.80. The van der Waals surface area contributed by atoms with Gasteiger partial charge in [0.1, 0.15) is 5.82 Å². The highest BCUT2D eigenvalue weighted by atomic mass is 19.1. The van der Waals surface area contributed by atoms with Crippen molar-refractivity contribution in [3.63, 3.8) is 0 Å². The molecule has 1 aromatic rings. The first-order chi connectivity index (χ1) is 10.0. The van der Waals surface area contributed by atoms with Crippen LogP contribution in [0, 0.1) is 12.7 Å². The number of ether oxygens (including phenoxy) is 1. The van der Waals surface area contributed by atoms with Gasteiger partial charge in [0.2, 0.25) is 0 Å². The number of hydrazine groups is 1. The Morgan fingerprint density at radius 3 is 2.62 bits per heavy atom. The number of morpholine rings is 1. The SMILES string of the molecule is CCC(C)(C(NN)c1ccc(F)cc1C)N1CCOCC1. The van der Waals surface area contributed by atoms with Gasteiger partial charge in [-0.15, -0.1) is 0 Å². The number of hydrogen-bond donors (Lipinski definition) is 2. The third kappa shape index (κ3) is 3.26. The van der Waals surface area contributed by atoms with Gasteiger partial charge in [-0.2, -0.15) is 0 Å². The number of nitrogens with two attached hydrogens (primary N) is 1. The van der Waals surface area contributed by atoms with Crippen LogP contribution >= 0.6 is 0 Å². The second-order valence-electron chi connectivity index (χ2n) is 5.91. The summed E-state index contributed by atoms with van der Waals surface area (Å²) < 4.78 is 18.8. The predicted octanol–water partition coefficient (Wildman–Crippen LogP) is 2.14. The number of nitrogens with one attached hydrogen (secondary N) is 1. The molecule has 0 saturated carbocycles. The summed E-state index contributed by atoms with van der Waals surface area (Å²) in [6, 6.07) is 4.85. The van der Waals surface area contributed by atoms with Crippen molar-refractivity contribution in [2.24, 2.45) is 5.84 Å². The Kier molecular flexibility index (Phi) is 5.32. The number of nitrogens with zero attached hydrogens (tertiary/aromatic N) is 1. The molecule has 0 spiro atoms. The van der Waals surface area contributed by atoms with E-state index in [9.17, 15) is 4.39 Å². The van der Waals surface area contributed by atoms with E-state index >= 15 is 0 Å². The lowest BCUT2D eigenvalue weighted by Gasteiger charge is -2.48. The molecule has 1 aliphatic heterocycles. The predicted molar refractivity (Wildman–Crippen MR) is 82.3 cm³/mol. The van der Waals surface area contributed by atoms with Crippen LogP contribution in [0.2, 0.25) is 0 Å². The summed E-state index contributed by atoms with van der Waals surface area (Å²) in [6.07, 6.45) is 0.943. The zero-order valence-electron chi connectivity index (χ0n) is 13.2. The Balaban J connectivity index is 2.35. The Morgan fingerprint density at radius 1 is 1.43 bits per heavy atom. The number of halogens is 1. The van der Waals surface area contributed by atoms with Crippen LogP contribution in [-0.2, 0) is 4.74 Å². The Hall–Kier alpha value is -1.01. The van der Waals surface area contributed by atoms with E-state index in [-0.39, 0.29) is 17.4 Å². The van der Waals surface area contributed by atoms with Crippen molar-refractivity contribution in [1.29, 1.82) is 0 Å². The zero-order valence-corrected chi connectivity index (χ0v) is 13.2. The van der Waals surface area contributed by atoms with Crippen molar-refractivity contribution in [2.75, 3.05) is 26.3 Å². The lowest BCUT2D eigenvalue weighted by atomic mass is 9.81. The van der Waals surface area contributed by atoms with Gasteiger partial charge in [0, 0.05) is 18.6 Å². The molecule has 0 bridgehead atoms. The minimum atomic E-state index is -0.211. The maximum Gasteiger partial charge on any atom is 0.123 e. The molecule has 2 unspecified atom stereocenters. The average molecular weight is 295 g/mol. The van der Waals surface area contributed by atoms with Crippen molar-refractivity contribution in [2.45, 2.75) is 38.8 Å². The second kappa shape index (κ2) is 6.83. The largest absolute Gasteiger partial charge is 0.379 e. The molecular weight excluding hydrogens is 269 g/mol. The van der Waals surface area contributed by atoms with Crippen molar-refractivity contribution in [1.82, 2.24) is 10.3 Å². The topological polar surface area (TPSA) is 50.5 Å². The fraction of sp³-hybridized carbons (Fsp3) is 0.625. The van der Waals surface area contributed by atoms with E-state index < -0.39 is 0 Å². The quantitative estimate of drug-likeness (QED) is 0.645. The van der Waals surface area contributed by atoms with Crippen molar-refractivity contribution in [3.05, 3.63) is 35.1 Å². The van der Waals surface area contributed by atoms with E-state index in [1.807, 2.05) is 13.0 Å². The summed E-state index contributed by atoms with van der Waals surface area (Å²) in [7, 11) is 0. The summed E-state index contributed by atoms with van der Waals surface area (Å²) in [6.45, 7) is 9.58. The molecule has 1 saturated heterocycles. The molecule has 0 amide bonds. The van der Waals surface area contributed by atoms with E-state index in [0.29, 0.717) is 0 Å². The maximum atomic E-state index is 13.4. The maximum absolute atomic E-state index is 13.4. The summed E-state index contributed by atoms with van der Waals surface area (Å²) in [4.78, 5) is 2.42. The zero-order chi connectivity index (χ0) is 15.5. The van der Waals surface area contributed by atoms with Gasteiger partial charge in [-0.05, 0) is 43.5 Å². The third-order valence-corrected chi connectivity index (χ3v) is 4.78. The van der Waals surface area contributed by atoms with E-state index in [1.54, 1.807) is 6.07 Å². The highest BCUT2D eigenvalue weighted by Gasteiger charge is 2.39. The third-order valence-electron chi connectivity index (χ3n) is 4.78. The minimum Gasteiger partial charge on any atom is -0.379 e. The fourth-order valence-electron chi connectivity index (χ4n) is 3.25. The minimum absolute atomic E-state index is 0.0544. The summed E-state index contributed by atoms with van der Waals surface area (Å²) in [5, 5.41) is 0. The monoisotopic (exact) mass is 295 g/mol. The molecule has 0 radical (unpaired) electrons. The van der Waals surface area contributed by atoms with Gasteiger partial charge in [0.05, 0.1) is 19.3 Å². The van der Waals surface area contributed by atoms with Crippen LogP contribution in [0.3, 0.4) is 0 Å². The molecule has 1 aromatic carbocycles. The molecule has 0 aromatic heterocycles. The molecule has 1 fully saturated rings. The second-order valence-corrected chi connectivity index (χ2v) is 5.91. The van der Waals surface area contributed by atoms with Gasteiger partial charge in [-0.3, -0.25) is 16.2 Å². The van der Waals surface area contributed by atoms with Gasteiger partial charge in [-0.1, -0.05) is 13.0 Å². The van der Waals surface area contributed by atoms with Crippen LogP contribution in [0.1, 0.15) is 37.4 Å². The number of rotatable bonds is 5. The highest BCUT2D eigenvalue weighted by molar-refractivity contribution is 5.32. The van der Waals surface area contributed by atoms with Crippen LogP contribution < -0.4 is 11.3 Å². The average Bonchev–Trinajstić information content (AvgIpc) is 2.50. The van der Waals surface area contributed by atoms with E-state index in [1.165, 1.54) is 6.07 Å². The van der Waals surface area contributed by atoms with Crippen LogP contribution in [0.15, 0.2) is 18.2 Å². The van der Waals surface area contributed by atoms with Crippen LogP contribution in [0.5, 0.6) is 0 Å². The fourth-order valence-corrected chi connectivity index (χ4v) is 3.25. The Bertz CT molecular complexity index is 477. The summed E-state index contributed by atoms with van der Waals surface area (Å²) in [5.74, 6) is 5.67. The summed E-state index contributed by atoms with van der Waals surface area (Å²) >= 11 is 0. The first-order valence-electron chi connectivity index (χ1n) is 7.58. The van der Waals surface area contributed by atoms with Gasteiger partial charge in [-0.25, -0.2) is 4.39 Å². The van der Waals surface area contributed by atoms with Crippen molar-refractivity contribution >= 4 is 0 Å². The van der Waals surface area contributed by atoms with E-state index in [4.69, 9.17) is 10.6 Å². The van der Waals surface area contributed by atoms with E-state index in [2.05, 4.69) is 24.2 Å². The standard InChI is InChI=1S/C16H26FN3O/c1-4-16(3,20-7-9-21-10-8-20)15(19-18)14-6-5-13(17)11-12(14)2/h5-6,11,15,19H,4,7-10,18H2,1-3H3. The first kappa shape index (κ1) is 16.4. The Labute approximate surface area is 126 Å². The lowest BCUT2D eigenvalue weighted by molar-refractivity contribution is -0.0330. The molecule has 1 aliphatic rings. The van der Waals surface area contributed by atoms with Crippen molar-refractivity contribution in [3.8, 4) is 0 Å².